The van der Waals surface area contributed by atoms with E-state index in [1.807, 2.05) is 6.07 Å². The summed E-state index contributed by atoms with van der Waals surface area (Å²) in [5.74, 6) is 0. The number of fused-ring (bicyclic) bond motifs is 1. The minimum Gasteiger partial charge on any atom is -0.346 e. The molecule has 1 unspecified atom stereocenters. The zero-order valence-electron chi connectivity index (χ0n) is 15.8. The largest absolute Gasteiger partial charge is 0.346 e. The van der Waals surface area contributed by atoms with Crippen LogP contribution in [0.25, 0.3) is 22.4 Å². The van der Waals surface area contributed by atoms with Gasteiger partial charge >= 0.3 is 0 Å². The second kappa shape index (κ2) is 7.79. The van der Waals surface area contributed by atoms with Gasteiger partial charge in [-0.1, -0.05) is 12.1 Å². The molecule has 10 heteroatoms. The average Bonchev–Trinajstić information content (AvgIpc) is 3.37. The average molecular weight is 429 g/mol. The highest BCUT2D eigenvalue weighted by molar-refractivity contribution is 7.90. The van der Waals surface area contributed by atoms with Crippen molar-refractivity contribution in [3.05, 3.63) is 72.8 Å². The van der Waals surface area contributed by atoms with Gasteiger partial charge < -0.3 is 4.98 Å². The lowest BCUT2D eigenvalue weighted by atomic mass is 10.0. The minimum absolute atomic E-state index is 0.0555. The van der Waals surface area contributed by atoms with Crippen LogP contribution in [-0.2, 0) is 9.84 Å². The molecule has 1 atom stereocenters. The number of sulfone groups is 1. The number of allylic oxidation sites excluding steroid dienone is 1. The Morgan fingerprint density at radius 2 is 2.07 bits per heavy atom. The number of hydrogen-bond donors (Lipinski definition) is 1. The molecule has 1 N–H and O–H groups in total. The molecule has 0 bridgehead atoms. The number of rotatable bonds is 6. The van der Waals surface area contributed by atoms with E-state index in [4.69, 9.17) is 0 Å². The van der Waals surface area contributed by atoms with Crippen molar-refractivity contribution < 1.29 is 17.2 Å². The fourth-order valence-electron chi connectivity index (χ4n) is 3.26. The monoisotopic (exact) mass is 429 g/mol. The molecule has 3 aromatic heterocycles. The summed E-state index contributed by atoms with van der Waals surface area (Å²) in [5, 5.41) is 5.33. The molecule has 30 heavy (non-hydrogen) atoms. The first-order valence-electron chi connectivity index (χ1n) is 8.98. The first-order valence-corrected chi connectivity index (χ1v) is 10.9. The molecule has 0 aliphatic rings. The van der Waals surface area contributed by atoms with Crippen molar-refractivity contribution >= 4 is 20.9 Å². The van der Waals surface area contributed by atoms with E-state index in [0.717, 1.165) is 17.7 Å². The molecule has 0 aliphatic carbocycles. The maximum Gasteiger partial charge on any atom is 0.266 e. The van der Waals surface area contributed by atoms with Crippen molar-refractivity contribution in [2.75, 3.05) is 6.26 Å². The Hall–Kier alpha value is -3.40. The van der Waals surface area contributed by atoms with Crippen molar-refractivity contribution in [2.24, 2.45) is 0 Å². The van der Waals surface area contributed by atoms with Gasteiger partial charge in [-0.2, -0.15) is 13.9 Å². The van der Waals surface area contributed by atoms with E-state index in [9.17, 15) is 17.2 Å². The molecule has 0 saturated heterocycles. The highest BCUT2D eigenvalue weighted by Gasteiger charge is 2.19. The van der Waals surface area contributed by atoms with Crippen LogP contribution in [0.1, 0.15) is 18.0 Å². The molecule has 0 radical (unpaired) electrons. The normalized spacial score (nSPS) is 12.8. The van der Waals surface area contributed by atoms with E-state index in [1.54, 1.807) is 30.6 Å². The third-order valence-electron chi connectivity index (χ3n) is 4.69. The van der Waals surface area contributed by atoms with Crippen molar-refractivity contribution in [1.29, 1.82) is 0 Å². The number of aromatic nitrogens is 5. The Morgan fingerprint density at radius 1 is 1.23 bits per heavy atom. The molecule has 1 aromatic carbocycles. The van der Waals surface area contributed by atoms with Crippen LogP contribution >= 0.6 is 0 Å². The predicted molar refractivity (Wildman–Crippen MR) is 108 cm³/mol. The molecule has 154 valence electrons. The smallest absolute Gasteiger partial charge is 0.266 e. The summed E-state index contributed by atoms with van der Waals surface area (Å²) in [4.78, 5) is 11.6. The topological polar surface area (TPSA) is 93.5 Å². The van der Waals surface area contributed by atoms with E-state index < -0.39 is 22.0 Å². The number of hydrogen-bond acceptors (Lipinski definition) is 5. The van der Waals surface area contributed by atoms with Gasteiger partial charge in [0.25, 0.3) is 6.08 Å². The zero-order valence-corrected chi connectivity index (χ0v) is 16.6. The van der Waals surface area contributed by atoms with Crippen LogP contribution < -0.4 is 0 Å². The van der Waals surface area contributed by atoms with Crippen molar-refractivity contribution in [3.63, 3.8) is 0 Å². The van der Waals surface area contributed by atoms with Gasteiger partial charge in [0.2, 0.25) is 0 Å². The van der Waals surface area contributed by atoms with Gasteiger partial charge in [-0.25, -0.2) is 18.4 Å². The molecule has 0 saturated carbocycles. The Balaban J connectivity index is 1.78. The molecule has 3 heterocycles. The zero-order chi connectivity index (χ0) is 21.3. The molecule has 0 fully saturated rings. The summed E-state index contributed by atoms with van der Waals surface area (Å²) in [6.45, 7) is 0. The van der Waals surface area contributed by atoms with E-state index >= 15 is 0 Å². The van der Waals surface area contributed by atoms with Crippen LogP contribution in [0, 0.1) is 0 Å². The number of nitrogens with one attached hydrogen (secondary N) is 1. The Labute approximate surface area is 171 Å². The lowest BCUT2D eigenvalue weighted by Gasteiger charge is -2.17. The molecule has 0 amide bonds. The Morgan fingerprint density at radius 3 is 2.83 bits per heavy atom. The summed E-state index contributed by atoms with van der Waals surface area (Å²) < 4.78 is 51.0. The van der Waals surface area contributed by atoms with E-state index in [0.29, 0.717) is 22.6 Å². The Bertz CT molecular complexity index is 1340. The fourth-order valence-corrected chi connectivity index (χ4v) is 3.94. The third-order valence-corrected chi connectivity index (χ3v) is 5.80. The molecule has 4 rings (SSSR count). The molecular weight excluding hydrogens is 412 g/mol. The number of halogens is 2. The number of benzene rings is 1. The van der Waals surface area contributed by atoms with Gasteiger partial charge in [-0.3, -0.25) is 4.68 Å². The van der Waals surface area contributed by atoms with Gasteiger partial charge in [0, 0.05) is 24.0 Å². The Kier molecular flexibility index (Phi) is 5.17. The quantitative estimate of drug-likeness (QED) is 0.500. The summed E-state index contributed by atoms with van der Waals surface area (Å²) in [6, 6.07) is 9.19. The summed E-state index contributed by atoms with van der Waals surface area (Å²) >= 11 is 0. The maximum absolute atomic E-state index is 12.8. The highest BCUT2D eigenvalue weighted by Crippen LogP contribution is 2.28. The van der Waals surface area contributed by atoms with Crippen LogP contribution in [0.2, 0.25) is 0 Å². The van der Waals surface area contributed by atoms with E-state index in [-0.39, 0.29) is 11.3 Å². The molecule has 7 nitrogen and oxygen atoms in total. The van der Waals surface area contributed by atoms with Crippen LogP contribution in [0.3, 0.4) is 0 Å². The summed E-state index contributed by atoms with van der Waals surface area (Å²) in [7, 11) is -3.44. The van der Waals surface area contributed by atoms with Crippen molar-refractivity contribution in [3.8, 4) is 11.4 Å². The summed E-state index contributed by atoms with van der Waals surface area (Å²) in [5.41, 5.74) is 2.38. The van der Waals surface area contributed by atoms with Gasteiger partial charge in [0.05, 0.1) is 10.9 Å². The SMILES string of the molecule is CS(=O)(=O)c1cccc(C(CC=C(F)F)n2ccc(-c3ncnc4[nH]ccc34)n2)c1. The van der Waals surface area contributed by atoms with Gasteiger partial charge in [-0.15, -0.1) is 0 Å². The number of H-pyrrole nitrogens is 1. The lowest BCUT2D eigenvalue weighted by molar-refractivity contribution is 0.411. The third kappa shape index (κ3) is 3.99. The number of nitrogens with zero attached hydrogens (tertiary/aromatic N) is 4. The standard InChI is InChI=1S/C20H17F2N5O2S/c1-30(28,29)14-4-2-3-13(11-14)17(5-6-18(21)22)27-10-8-16(26-27)19-15-7-9-23-20(15)25-12-24-19/h2-4,6-12,17H,5H2,1H3,(H,23,24,25). The molecular formula is C20H17F2N5O2S. The fraction of sp³-hybridized carbons (Fsp3) is 0.150. The van der Waals surface area contributed by atoms with Crippen molar-refractivity contribution in [2.45, 2.75) is 17.4 Å². The van der Waals surface area contributed by atoms with Crippen LogP contribution in [0.5, 0.6) is 0 Å². The van der Waals surface area contributed by atoms with E-state index in [2.05, 4.69) is 20.1 Å². The second-order valence-corrected chi connectivity index (χ2v) is 8.75. The molecule has 0 aliphatic heterocycles. The van der Waals surface area contributed by atoms with Gasteiger partial charge in [0.15, 0.2) is 9.84 Å². The summed E-state index contributed by atoms with van der Waals surface area (Å²) in [6.07, 6.45) is 4.86. The van der Waals surface area contributed by atoms with E-state index in [1.165, 1.54) is 23.1 Å². The first kappa shape index (κ1) is 19.9. The minimum atomic E-state index is -3.44. The first-order chi connectivity index (χ1) is 14.3. The van der Waals surface area contributed by atoms with Gasteiger partial charge in [0.1, 0.15) is 23.4 Å². The molecule has 0 spiro atoms. The number of aromatic amines is 1. The maximum atomic E-state index is 12.8. The second-order valence-electron chi connectivity index (χ2n) is 6.73. The van der Waals surface area contributed by atoms with Crippen molar-refractivity contribution in [1.82, 2.24) is 24.7 Å². The molecule has 4 aromatic rings. The lowest BCUT2D eigenvalue weighted by Crippen LogP contribution is -2.12. The van der Waals surface area contributed by atoms with Crippen LogP contribution in [0.4, 0.5) is 8.78 Å². The highest BCUT2D eigenvalue weighted by atomic mass is 32.2. The predicted octanol–water partition coefficient (Wildman–Crippen LogP) is 3.98. The van der Waals surface area contributed by atoms with Crippen LogP contribution in [0.15, 0.2) is 72.2 Å². The van der Waals surface area contributed by atoms with Crippen LogP contribution in [-0.4, -0.2) is 39.4 Å². The van der Waals surface area contributed by atoms with Gasteiger partial charge in [-0.05, 0) is 42.3 Å².